The number of amides is 1. The quantitative estimate of drug-likeness (QED) is 0.563. The normalized spacial score (nSPS) is 15.3. The van der Waals surface area contributed by atoms with Crippen LogP contribution in [-0.2, 0) is 9.53 Å². The van der Waals surface area contributed by atoms with E-state index >= 15 is 0 Å². The molecule has 1 aliphatic rings. The van der Waals surface area contributed by atoms with Crippen molar-refractivity contribution in [1.29, 1.82) is 0 Å². The van der Waals surface area contributed by atoms with E-state index in [2.05, 4.69) is 15.1 Å². The van der Waals surface area contributed by atoms with Crippen molar-refractivity contribution < 1.29 is 14.3 Å². The minimum atomic E-state index is -0.529. The summed E-state index contributed by atoms with van der Waals surface area (Å²) in [6, 6.07) is 7.64. The Bertz CT molecular complexity index is 1130. The second-order valence-electron chi connectivity index (χ2n) is 7.40. The molecule has 9 nitrogen and oxygen atoms in total. The Morgan fingerprint density at radius 3 is 2.70 bits per heavy atom. The maximum absolute atomic E-state index is 12.6. The lowest BCUT2D eigenvalue weighted by Crippen LogP contribution is -2.38. The van der Waals surface area contributed by atoms with Gasteiger partial charge in [0.2, 0.25) is 5.91 Å². The molecule has 30 heavy (non-hydrogen) atoms. The number of benzene rings is 1. The second kappa shape index (κ2) is 8.19. The van der Waals surface area contributed by atoms with E-state index in [0.29, 0.717) is 43.3 Å². The van der Waals surface area contributed by atoms with E-state index in [1.807, 2.05) is 24.3 Å². The molecule has 0 saturated carbocycles. The first kappa shape index (κ1) is 20.0. The van der Waals surface area contributed by atoms with Crippen molar-refractivity contribution >= 4 is 22.6 Å². The number of aryl methyl sites for hydroxylation is 1. The largest absolute Gasteiger partial charge is 0.497 e. The number of nitrogens with zero attached hydrogens (tertiary/aromatic N) is 2. The number of fused-ring (bicyclic) bond motifs is 1. The topological polar surface area (TPSA) is 126 Å². The lowest BCUT2D eigenvalue weighted by molar-refractivity contribution is -0.118. The first-order valence-electron chi connectivity index (χ1n) is 9.84. The molecule has 1 aromatic carbocycles. The third-order valence-corrected chi connectivity index (χ3v) is 5.48. The number of nitrogens with one attached hydrogen (secondary N) is 2. The number of methoxy groups -OCH3 is 1. The van der Waals surface area contributed by atoms with Gasteiger partial charge in [-0.2, -0.15) is 0 Å². The highest BCUT2D eigenvalue weighted by Gasteiger charge is 2.29. The number of primary amides is 1. The first-order valence-corrected chi connectivity index (χ1v) is 9.84. The zero-order chi connectivity index (χ0) is 21.3. The van der Waals surface area contributed by atoms with Gasteiger partial charge in [0.25, 0.3) is 5.56 Å². The van der Waals surface area contributed by atoms with Crippen molar-refractivity contribution in [1.82, 2.24) is 15.2 Å². The molecule has 0 spiro atoms. The third-order valence-electron chi connectivity index (χ3n) is 5.48. The number of anilines is 1. The van der Waals surface area contributed by atoms with Gasteiger partial charge in [0.1, 0.15) is 11.6 Å². The van der Waals surface area contributed by atoms with Gasteiger partial charge in [-0.1, -0.05) is 0 Å². The maximum atomic E-state index is 12.6. The summed E-state index contributed by atoms with van der Waals surface area (Å²) in [5.74, 6) is 0.427. The molecule has 1 fully saturated rings. The number of rotatable bonds is 6. The fourth-order valence-corrected chi connectivity index (χ4v) is 4.02. The number of hydrogen-bond donors (Lipinski definition) is 3. The molecule has 1 atom stereocenters. The van der Waals surface area contributed by atoms with Gasteiger partial charge in [0, 0.05) is 47.6 Å². The van der Waals surface area contributed by atoms with Gasteiger partial charge in [-0.3, -0.25) is 14.7 Å². The SMILES string of the molecule is COc1ccc2nc(N3CCOCC3)c([C@@H](CC(N)=O)c3c(C)[nH][nH]c3=O)cc2c1. The van der Waals surface area contributed by atoms with E-state index in [9.17, 15) is 9.59 Å². The van der Waals surface area contributed by atoms with Crippen molar-refractivity contribution in [2.75, 3.05) is 38.3 Å². The smallest absolute Gasteiger partial charge is 0.267 e. The van der Waals surface area contributed by atoms with Crippen LogP contribution in [0.2, 0.25) is 0 Å². The molecular formula is C21H25N5O4. The average Bonchev–Trinajstić information content (AvgIpc) is 3.09. The molecule has 2 aromatic heterocycles. The molecule has 3 heterocycles. The van der Waals surface area contributed by atoms with Crippen molar-refractivity contribution in [3.05, 3.63) is 51.4 Å². The first-order chi connectivity index (χ1) is 14.5. The molecule has 3 aromatic rings. The number of hydrogen-bond acceptors (Lipinski definition) is 6. The monoisotopic (exact) mass is 411 g/mol. The number of carbonyl (C=O) groups excluding carboxylic acids is 1. The predicted octanol–water partition coefficient (Wildman–Crippen LogP) is 1.41. The van der Waals surface area contributed by atoms with E-state index in [1.165, 1.54) is 0 Å². The molecule has 1 amide bonds. The fraction of sp³-hybridized carbons (Fsp3) is 0.381. The number of morpholine rings is 1. The fourth-order valence-electron chi connectivity index (χ4n) is 4.02. The lowest BCUT2D eigenvalue weighted by atomic mass is 9.87. The molecule has 0 aliphatic carbocycles. The number of ether oxygens (including phenoxy) is 2. The Morgan fingerprint density at radius 1 is 1.30 bits per heavy atom. The molecule has 0 unspecified atom stereocenters. The Hall–Kier alpha value is -3.33. The van der Waals surface area contributed by atoms with Gasteiger partial charge in [0.15, 0.2) is 0 Å². The molecule has 158 valence electrons. The lowest BCUT2D eigenvalue weighted by Gasteiger charge is -2.31. The van der Waals surface area contributed by atoms with Gasteiger partial charge in [-0.15, -0.1) is 0 Å². The van der Waals surface area contributed by atoms with E-state index in [-0.39, 0.29) is 12.0 Å². The molecule has 1 saturated heterocycles. The molecule has 0 radical (unpaired) electrons. The predicted molar refractivity (Wildman–Crippen MR) is 113 cm³/mol. The summed E-state index contributed by atoms with van der Waals surface area (Å²) in [5, 5.41) is 6.32. The Morgan fingerprint density at radius 2 is 2.07 bits per heavy atom. The van der Waals surface area contributed by atoms with Gasteiger partial charge in [-0.25, -0.2) is 4.98 Å². The van der Waals surface area contributed by atoms with Crippen LogP contribution < -0.4 is 20.9 Å². The van der Waals surface area contributed by atoms with Crippen LogP contribution in [0.15, 0.2) is 29.1 Å². The number of aromatic amines is 2. The number of H-pyrrole nitrogens is 2. The molecule has 0 bridgehead atoms. The Balaban J connectivity index is 1.96. The summed E-state index contributed by atoms with van der Waals surface area (Å²) in [4.78, 5) is 31.6. The Kier molecular flexibility index (Phi) is 5.45. The second-order valence-corrected chi connectivity index (χ2v) is 7.40. The summed E-state index contributed by atoms with van der Waals surface area (Å²) in [6.45, 7) is 4.33. The summed E-state index contributed by atoms with van der Waals surface area (Å²) in [6.07, 6.45) is -0.00370. The Labute approximate surface area is 173 Å². The molecule has 1 aliphatic heterocycles. The van der Waals surface area contributed by atoms with E-state index in [0.717, 1.165) is 22.3 Å². The van der Waals surface area contributed by atoms with Crippen LogP contribution in [0.25, 0.3) is 10.9 Å². The zero-order valence-electron chi connectivity index (χ0n) is 17.0. The van der Waals surface area contributed by atoms with E-state index < -0.39 is 11.8 Å². The van der Waals surface area contributed by atoms with Crippen LogP contribution in [0.4, 0.5) is 5.82 Å². The van der Waals surface area contributed by atoms with Crippen molar-refractivity contribution in [2.24, 2.45) is 5.73 Å². The zero-order valence-corrected chi connectivity index (χ0v) is 17.0. The van der Waals surface area contributed by atoms with Crippen LogP contribution >= 0.6 is 0 Å². The maximum Gasteiger partial charge on any atom is 0.267 e. The highest BCUT2D eigenvalue weighted by atomic mass is 16.5. The number of carbonyl (C=O) groups is 1. The molecular weight excluding hydrogens is 386 g/mol. The van der Waals surface area contributed by atoms with Gasteiger partial charge >= 0.3 is 0 Å². The van der Waals surface area contributed by atoms with Crippen molar-refractivity contribution in [2.45, 2.75) is 19.3 Å². The summed E-state index contributed by atoms with van der Waals surface area (Å²) in [5.41, 5.74) is 8.07. The summed E-state index contributed by atoms with van der Waals surface area (Å²) in [7, 11) is 1.61. The summed E-state index contributed by atoms with van der Waals surface area (Å²) >= 11 is 0. The third kappa shape index (κ3) is 3.76. The number of nitrogens with two attached hydrogens (primary N) is 1. The highest BCUT2D eigenvalue weighted by Crippen LogP contribution is 2.36. The summed E-state index contributed by atoms with van der Waals surface area (Å²) < 4.78 is 10.8. The van der Waals surface area contributed by atoms with E-state index in [4.69, 9.17) is 20.2 Å². The number of aromatic nitrogens is 3. The molecule has 9 heteroatoms. The van der Waals surface area contributed by atoms with Crippen LogP contribution in [-0.4, -0.2) is 54.5 Å². The van der Waals surface area contributed by atoms with Gasteiger partial charge in [-0.05, 0) is 31.2 Å². The van der Waals surface area contributed by atoms with Gasteiger partial charge < -0.3 is 25.2 Å². The standard InChI is InChI=1S/C21H25N5O4/c1-12-19(21(28)25-24-12)15(11-18(22)27)16-10-13-9-14(29-2)3-4-17(13)23-20(16)26-5-7-30-8-6-26/h3-4,9-10,15H,5-8,11H2,1-2H3,(H2,22,27)(H2,24,25,28)/t15-/m1/s1. The van der Waals surface area contributed by atoms with Crippen LogP contribution in [0.5, 0.6) is 5.75 Å². The van der Waals surface area contributed by atoms with Crippen molar-refractivity contribution in [3.63, 3.8) is 0 Å². The highest BCUT2D eigenvalue weighted by molar-refractivity contribution is 5.85. The van der Waals surface area contributed by atoms with Crippen LogP contribution in [0.3, 0.4) is 0 Å². The molecule has 4 rings (SSSR count). The minimum Gasteiger partial charge on any atom is -0.497 e. The van der Waals surface area contributed by atoms with Crippen LogP contribution in [0.1, 0.15) is 29.2 Å². The average molecular weight is 411 g/mol. The minimum absolute atomic E-state index is 0.00370. The molecule has 4 N–H and O–H groups in total. The van der Waals surface area contributed by atoms with Crippen LogP contribution in [0, 0.1) is 6.92 Å². The van der Waals surface area contributed by atoms with Gasteiger partial charge in [0.05, 0.1) is 25.8 Å². The van der Waals surface area contributed by atoms with Crippen molar-refractivity contribution in [3.8, 4) is 5.75 Å². The van der Waals surface area contributed by atoms with E-state index in [1.54, 1.807) is 14.0 Å². The number of pyridine rings is 1.